The molecular formula is C19H20FN3O5. The van der Waals surface area contributed by atoms with Crippen LogP contribution in [0.2, 0.25) is 0 Å². The van der Waals surface area contributed by atoms with Crippen LogP contribution >= 0.6 is 0 Å². The van der Waals surface area contributed by atoms with Crippen LogP contribution < -0.4 is 4.90 Å². The summed E-state index contributed by atoms with van der Waals surface area (Å²) in [5, 5.41) is 22.0. The molecule has 0 bridgehead atoms. The van der Waals surface area contributed by atoms with Gasteiger partial charge in [-0.05, 0) is 36.5 Å². The van der Waals surface area contributed by atoms with E-state index in [0.29, 0.717) is 31.5 Å². The molecule has 0 aliphatic carbocycles. The van der Waals surface area contributed by atoms with Gasteiger partial charge in [0.1, 0.15) is 5.82 Å². The maximum Gasteiger partial charge on any atom is 0.339 e. The fourth-order valence-corrected chi connectivity index (χ4v) is 3.41. The Kier molecular flexibility index (Phi) is 5.84. The van der Waals surface area contributed by atoms with Crippen molar-refractivity contribution in [2.75, 3.05) is 25.1 Å². The third kappa shape index (κ3) is 4.09. The average molecular weight is 389 g/mol. The summed E-state index contributed by atoms with van der Waals surface area (Å²) in [6.45, 7) is 0.933. The Hall–Kier alpha value is -3.07. The zero-order chi connectivity index (χ0) is 20.3. The van der Waals surface area contributed by atoms with E-state index in [-0.39, 0.29) is 28.8 Å². The van der Waals surface area contributed by atoms with Gasteiger partial charge in [0.05, 0.1) is 23.7 Å². The molecule has 8 nitrogen and oxygen atoms in total. The van der Waals surface area contributed by atoms with Crippen molar-refractivity contribution in [1.82, 2.24) is 4.98 Å². The van der Waals surface area contributed by atoms with Crippen molar-refractivity contribution in [2.45, 2.75) is 18.9 Å². The van der Waals surface area contributed by atoms with E-state index in [2.05, 4.69) is 9.72 Å². The minimum Gasteiger partial charge on any atom is -0.465 e. The number of piperidine rings is 1. The van der Waals surface area contributed by atoms with Crippen LogP contribution in [0.15, 0.2) is 36.5 Å². The standard InChI is InChI=1S/C19H20FN3O5/c1-28-19(25)14-10-16(23(26)27)18(21-11-14)22-8-6-13(7-9-22)17(24)12-2-4-15(20)5-3-12/h2-5,10-11,13,17,24H,6-9H2,1H3. The van der Waals surface area contributed by atoms with Gasteiger partial charge in [-0.1, -0.05) is 12.1 Å². The largest absolute Gasteiger partial charge is 0.465 e. The van der Waals surface area contributed by atoms with Gasteiger partial charge in [-0.3, -0.25) is 10.1 Å². The summed E-state index contributed by atoms with van der Waals surface area (Å²) in [5.74, 6) is -0.912. The van der Waals surface area contributed by atoms with Gasteiger partial charge in [-0.25, -0.2) is 14.2 Å². The van der Waals surface area contributed by atoms with Gasteiger partial charge < -0.3 is 14.7 Å². The Bertz CT molecular complexity index is 866. The molecule has 9 heteroatoms. The normalized spacial score (nSPS) is 15.9. The Morgan fingerprint density at radius 1 is 1.36 bits per heavy atom. The molecule has 1 saturated heterocycles. The first-order chi connectivity index (χ1) is 13.4. The lowest BCUT2D eigenvalue weighted by Gasteiger charge is -2.34. The molecule has 0 radical (unpaired) electrons. The summed E-state index contributed by atoms with van der Waals surface area (Å²) in [6, 6.07) is 6.90. The molecule has 1 N–H and O–H groups in total. The number of hydrogen-bond donors (Lipinski definition) is 1. The van der Waals surface area contributed by atoms with Crippen LogP contribution in [0.1, 0.15) is 34.9 Å². The van der Waals surface area contributed by atoms with Crippen molar-refractivity contribution in [2.24, 2.45) is 5.92 Å². The number of nitro groups is 1. The van der Waals surface area contributed by atoms with E-state index in [1.54, 1.807) is 17.0 Å². The van der Waals surface area contributed by atoms with Crippen molar-refractivity contribution in [3.05, 3.63) is 63.6 Å². The SMILES string of the molecule is COC(=O)c1cnc(N2CCC(C(O)c3ccc(F)cc3)CC2)c([N+](=O)[O-])c1. The quantitative estimate of drug-likeness (QED) is 0.476. The number of rotatable bonds is 5. The Balaban J connectivity index is 1.73. The monoisotopic (exact) mass is 389 g/mol. The number of pyridine rings is 1. The summed E-state index contributed by atoms with van der Waals surface area (Å²) >= 11 is 0. The second-order valence-electron chi connectivity index (χ2n) is 6.64. The van der Waals surface area contributed by atoms with E-state index < -0.39 is 17.0 Å². The first-order valence-electron chi connectivity index (χ1n) is 8.82. The number of nitrogens with zero attached hydrogens (tertiary/aromatic N) is 3. The predicted molar refractivity (Wildman–Crippen MR) is 98.5 cm³/mol. The molecule has 1 aromatic carbocycles. The van der Waals surface area contributed by atoms with Gasteiger partial charge in [-0.2, -0.15) is 0 Å². The maximum absolute atomic E-state index is 13.1. The number of esters is 1. The molecule has 2 aromatic rings. The van der Waals surface area contributed by atoms with Crippen LogP contribution in [0.5, 0.6) is 0 Å². The zero-order valence-corrected chi connectivity index (χ0v) is 15.2. The van der Waals surface area contributed by atoms with Gasteiger partial charge in [0, 0.05) is 25.4 Å². The minimum absolute atomic E-state index is 0.0135. The van der Waals surface area contributed by atoms with Crippen LogP contribution in [0, 0.1) is 21.8 Å². The van der Waals surface area contributed by atoms with E-state index in [9.17, 15) is 24.4 Å². The Morgan fingerprint density at radius 2 is 2.00 bits per heavy atom. The highest BCUT2D eigenvalue weighted by Crippen LogP contribution is 2.35. The van der Waals surface area contributed by atoms with E-state index in [4.69, 9.17) is 0 Å². The van der Waals surface area contributed by atoms with Crippen LogP contribution in [0.25, 0.3) is 0 Å². The first kappa shape index (κ1) is 19.7. The number of aliphatic hydroxyl groups excluding tert-OH is 1. The number of aliphatic hydroxyl groups is 1. The van der Waals surface area contributed by atoms with Gasteiger partial charge in [0.2, 0.25) is 5.82 Å². The molecule has 1 aliphatic rings. The molecule has 1 unspecified atom stereocenters. The lowest BCUT2D eigenvalue weighted by molar-refractivity contribution is -0.384. The molecule has 1 fully saturated rings. The fraction of sp³-hybridized carbons (Fsp3) is 0.368. The number of anilines is 1. The van der Waals surface area contributed by atoms with Crippen molar-refractivity contribution in [3.63, 3.8) is 0 Å². The molecule has 1 aromatic heterocycles. The topological polar surface area (TPSA) is 106 Å². The lowest BCUT2D eigenvalue weighted by Crippen LogP contribution is -2.36. The van der Waals surface area contributed by atoms with E-state index in [0.717, 1.165) is 6.07 Å². The second-order valence-corrected chi connectivity index (χ2v) is 6.64. The van der Waals surface area contributed by atoms with Gasteiger partial charge in [0.15, 0.2) is 0 Å². The molecule has 2 heterocycles. The van der Waals surface area contributed by atoms with E-state index >= 15 is 0 Å². The highest BCUT2D eigenvalue weighted by atomic mass is 19.1. The highest BCUT2D eigenvalue weighted by molar-refractivity contribution is 5.90. The fourth-order valence-electron chi connectivity index (χ4n) is 3.41. The summed E-state index contributed by atoms with van der Waals surface area (Å²) in [4.78, 5) is 28.3. The van der Waals surface area contributed by atoms with Gasteiger partial charge in [-0.15, -0.1) is 0 Å². The first-order valence-corrected chi connectivity index (χ1v) is 8.82. The van der Waals surface area contributed by atoms with Crippen LogP contribution in [-0.2, 0) is 4.74 Å². The Morgan fingerprint density at radius 3 is 2.57 bits per heavy atom. The van der Waals surface area contributed by atoms with E-state index in [1.807, 2.05) is 0 Å². The van der Waals surface area contributed by atoms with Gasteiger partial charge >= 0.3 is 11.7 Å². The molecule has 1 aliphatic heterocycles. The Labute approximate surface area is 160 Å². The molecule has 0 spiro atoms. The minimum atomic E-state index is -0.729. The number of benzene rings is 1. The van der Waals surface area contributed by atoms with Crippen molar-refractivity contribution >= 4 is 17.5 Å². The van der Waals surface area contributed by atoms with E-state index in [1.165, 1.54) is 25.4 Å². The maximum atomic E-state index is 13.1. The van der Waals surface area contributed by atoms with Gasteiger partial charge in [0.25, 0.3) is 0 Å². The summed E-state index contributed by atoms with van der Waals surface area (Å²) in [5.41, 5.74) is 0.395. The molecule has 3 rings (SSSR count). The third-order valence-electron chi connectivity index (χ3n) is 4.96. The smallest absolute Gasteiger partial charge is 0.339 e. The second kappa shape index (κ2) is 8.30. The van der Waals surface area contributed by atoms with Crippen LogP contribution in [0.3, 0.4) is 0 Å². The molecule has 0 amide bonds. The summed E-state index contributed by atoms with van der Waals surface area (Å²) in [7, 11) is 1.19. The lowest BCUT2D eigenvalue weighted by atomic mass is 9.87. The van der Waals surface area contributed by atoms with Crippen LogP contribution in [0.4, 0.5) is 15.9 Å². The number of halogens is 1. The third-order valence-corrected chi connectivity index (χ3v) is 4.96. The molecular weight excluding hydrogens is 369 g/mol. The van der Waals surface area contributed by atoms with Crippen molar-refractivity contribution < 1.29 is 24.0 Å². The highest BCUT2D eigenvalue weighted by Gasteiger charge is 2.30. The number of methoxy groups -OCH3 is 1. The average Bonchev–Trinajstić information content (AvgIpc) is 2.73. The number of ether oxygens (including phenoxy) is 1. The molecule has 1 atom stereocenters. The number of carbonyl (C=O) groups excluding carboxylic acids is 1. The number of hydrogen-bond acceptors (Lipinski definition) is 7. The summed E-state index contributed by atoms with van der Waals surface area (Å²) in [6.07, 6.45) is 1.72. The van der Waals surface area contributed by atoms with Crippen LogP contribution in [-0.4, -0.2) is 41.2 Å². The zero-order valence-electron chi connectivity index (χ0n) is 15.2. The van der Waals surface area contributed by atoms with Crippen molar-refractivity contribution in [1.29, 1.82) is 0 Å². The summed E-state index contributed by atoms with van der Waals surface area (Å²) < 4.78 is 17.6. The molecule has 0 saturated carbocycles. The number of aromatic nitrogens is 1. The van der Waals surface area contributed by atoms with Crippen molar-refractivity contribution in [3.8, 4) is 0 Å². The molecule has 148 valence electrons. The molecule has 28 heavy (non-hydrogen) atoms. The predicted octanol–water partition coefficient (Wildman–Crippen LogP) is 2.87. The number of carbonyl (C=O) groups is 1.